The molecule has 0 aliphatic heterocycles. The Morgan fingerprint density at radius 3 is 2.50 bits per heavy atom. The Morgan fingerprint density at radius 1 is 1.38 bits per heavy atom. The van der Waals surface area contributed by atoms with Crippen molar-refractivity contribution in [3.05, 3.63) is 29.6 Å². The van der Waals surface area contributed by atoms with Gasteiger partial charge >= 0.3 is 0 Å². The predicted molar refractivity (Wildman–Crippen MR) is 63.9 cm³/mol. The number of rotatable bonds is 4. The minimum absolute atomic E-state index is 0.305. The summed E-state index contributed by atoms with van der Waals surface area (Å²) in [4.78, 5) is 1.81. The maximum absolute atomic E-state index is 13.3. The third-order valence-electron chi connectivity index (χ3n) is 2.24. The van der Waals surface area contributed by atoms with Gasteiger partial charge in [0.15, 0.2) is 0 Å². The van der Waals surface area contributed by atoms with Gasteiger partial charge in [-0.05, 0) is 37.6 Å². The van der Waals surface area contributed by atoms with E-state index in [0.29, 0.717) is 13.1 Å². The Balaban J connectivity index is 2.90. The van der Waals surface area contributed by atoms with Crippen molar-refractivity contribution >= 4 is 5.69 Å². The van der Waals surface area contributed by atoms with Crippen LogP contribution in [0.25, 0.3) is 0 Å². The molecule has 0 saturated heterocycles. The Labute approximate surface area is 95.7 Å². The molecule has 0 amide bonds. The van der Waals surface area contributed by atoms with E-state index in [9.17, 15) is 9.50 Å². The second-order valence-corrected chi connectivity index (χ2v) is 4.69. The van der Waals surface area contributed by atoms with E-state index in [4.69, 9.17) is 5.73 Å². The summed E-state index contributed by atoms with van der Waals surface area (Å²) >= 11 is 0. The van der Waals surface area contributed by atoms with Gasteiger partial charge in [-0.15, -0.1) is 0 Å². The molecule has 0 atom stereocenters. The van der Waals surface area contributed by atoms with Gasteiger partial charge < -0.3 is 15.7 Å². The molecule has 0 bridgehead atoms. The number of hydrogen-bond acceptors (Lipinski definition) is 3. The smallest absolute Gasteiger partial charge is 0.125 e. The van der Waals surface area contributed by atoms with Crippen LogP contribution in [0.2, 0.25) is 0 Å². The lowest BCUT2D eigenvalue weighted by Crippen LogP contribution is -2.36. The standard InChI is InChI=1S/C12H19FN2O/c1-12(2,16)8-15(3)11-5-9(7-14)4-10(13)6-11/h4-6,16H,7-8,14H2,1-3H3. The molecule has 0 aliphatic carbocycles. The zero-order valence-corrected chi connectivity index (χ0v) is 10.00. The van der Waals surface area contributed by atoms with Crippen molar-refractivity contribution < 1.29 is 9.50 Å². The van der Waals surface area contributed by atoms with E-state index in [1.54, 1.807) is 13.8 Å². The molecule has 90 valence electrons. The van der Waals surface area contributed by atoms with Crippen LogP contribution in [-0.2, 0) is 6.54 Å². The fraction of sp³-hybridized carbons (Fsp3) is 0.500. The van der Waals surface area contributed by atoms with Gasteiger partial charge in [0.2, 0.25) is 0 Å². The van der Waals surface area contributed by atoms with E-state index >= 15 is 0 Å². The first-order chi connectivity index (χ1) is 7.31. The fourth-order valence-electron chi connectivity index (χ4n) is 1.64. The number of nitrogens with two attached hydrogens (primary N) is 1. The van der Waals surface area contributed by atoms with Crippen LogP contribution in [0.4, 0.5) is 10.1 Å². The highest BCUT2D eigenvalue weighted by Crippen LogP contribution is 2.19. The second-order valence-electron chi connectivity index (χ2n) is 4.69. The molecule has 0 radical (unpaired) electrons. The lowest BCUT2D eigenvalue weighted by atomic mass is 10.1. The molecule has 0 aliphatic rings. The summed E-state index contributed by atoms with van der Waals surface area (Å²) < 4.78 is 13.3. The Morgan fingerprint density at radius 2 is 2.00 bits per heavy atom. The Bertz CT molecular complexity index is 361. The highest BCUT2D eigenvalue weighted by atomic mass is 19.1. The summed E-state index contributed by atoms with van der Waals surface area (Å²) in [7, 11) is 1.81. The summed E-state index contributed by atoms with van der Waals surface area (Å²) in [5.74, 6) is -0.305. The van der Waals surface area contributed by atoms with Crippen molar-refractivity contribution in [1.82, 2.24) is 0 Å². The summed E-state index contributed by atoms with van der Waals surface area (Å²) in [5.41, 5.74) is 6.14. The van der Waals surface area contributed by atoms with Crippen molar-refractivity contribution in [1.29, 1.82) is 0 Å². The molecule has 1 aromatic carbocycles. The van der Waals surface area contributed by atoms with E-state index in [1.165, 1.54) is 12.1 Å². The van der Waals surface area contributed by atoms with E-state index in [-0.39, 0.29) is 5.82 Å². The molecule has 0 saturated carbocycles. The van der Waals surface area contributed by atoms with Gasteiger partial charge in [-0.2, -0.15) is 0 Å². The number of halogens is 1. The van der Waals surface area contributed by atoms with Crippen LogP contribution in [0.1, 0.15) is 19.4 Å². The summed E-state index contributed by atoms with van der Waals surface area (Å²) in [6, 6.07) is 4.68. The molecule has 0 heterocycles. The van der Waals surface area contributed by atoms with E-state index in [2.05, 4.69) is 0 Å². The zero-order valence-electron chi connectivity index (χ0n) is 10.00. The van der Waals surface area contributed by atoms with Crippen LogP contribution in [0, 0.1) is 5.82 Å². The monoisotopic (exact) mass is 226 g/mol. The first kappa shape index (κ1) is 12.9. The van der Waals surface area contributed by atoms with Gasteiger partial charge in [-0.25, -0.2) is 4.39 Å². The molecule has 1 rings (SSSR count). The molecule has 4 heteroatoms. The molecule has 3 nitrogen and oxygen atoms in total. The van der Waals surface area contributed by atoms with Crippen LogP contribution in [-0.4, -0.2) is 24.3 Å². The average molecular weight is 226 g/mol. The third kappa shape index (κ3) is 3.79. The SMILES string of the molecule is CN(CC(C)(C)O)c1cc(F)cc(CN)c1. The molecular weight excluding hydrogens is 207 g/mol. The maximum atomic E-state index is 13.3. The normalized spacial score (nSPS) is 11.6. The molecule has 0 spiro atoms. The summed E-state index contributed by atoms with van der Waals surface area (Å²) in [6.45, 7) is 4.17. The number of benzene rings is 1. The van der Waals surface area contributed by atoms with Crippen molar-refractivity contribution in [2.24, 2.45) is 5.73 Å². The van der Waals surface area contributed by atoms with Crippen LogP contribution in [0.5, 0.6) is 0 Å². The lowest BCUT2D eigenvalue weighted by molar-refractivity contribution is 0.0886. The Hall–Kier alpha value is -1.13. The largest absolute Gasteiger partial charge is 0.389 e. The minimum Gasteiger partial charge on any atom is -0.389 e. The number of hydrogen-bond donors (Lipinski definition) is 2. The second kappa shape index (κ2) is 4.80. The van der Waals surface area contributed by atoms with Gasteiger partial charge in [-0.3, -0.25) is 0 Å². The number of anilines is 1. The molecule has 3 N–H and O–H groups in total. The molecular formula is C12H19FN2O. The number of likely N-dealkylation sites (N-methyl/N-ethyl adjacent to an activating group) is 1. The van der Waals surface area contributed by atoms with E-state index in [0.717, 1.165) is 11.3 Å². The highest BCUT2D eigenvalue weighted by molar-refractivity contribution is 5.48. The van der Waals surface area contributed by atoms with Gasteiger partial charge in [0.05, 0.1) is 5.60 Å². The van der Waals surface area contributed by atoms with Crippen LogP contribution < -0.4 is 10.6 Å². The third-order valence-corrected chi connectivity index (χ3v) is 2.24. The summed E-state index contributed by atoms with van der Waals surface area (Å²) in [5, 5.41) is 9.69. The minimum atomic E-state index is -0.816. The zero-order chi connectivity index (χ0) is 12.3. The maximum Gasteiger partial charge on any atom is 0.125 e. The van der Waals surface area contributed by atoms with E-state index in [1.807, 2.05) is 18.0 Å². The molecule has 16 heavy (non-hydrogen) atoms. The van der Waals surface area contributed by atoms with Crippen LogP contribution >= 0.6 is 0 Å². The van der Waals surface area contributed by atoms with Crippen LogP contribution in [0.3, 0.4) is 0 Å². The van der Waals surface area contributed by atoms with Gasteiger partial charge in [0.25, 0.3) is 0 Å². The van der Waals surface area contributed by atoms with Crippen molar-refractivity contribution in [3.8, 4) is 0 Å². The first-order valence-corrected chi connectivity index (χ1v) is 5.25. The van der Waals surface area contributed by atoms with Crippen molar-refractivity contribution in [2.75, 3.05) is 18.5 Å². The van der Waals surface area contributed by atoms with Crippen molar-refractivity contribution in [3.63, 3.8) is 0 Å². The van der Waals surface area contributed by atoms with Gasteiger partial charge in [0.1, 0.15) is 5.82 Å². The van der Waals surface area contributed by atoms with Crippen LogP contribution in [0.15, 0.2) is 18.2 Å². The average Bonchev–Trinajstić information content (AvgIpc) is 2.14. The van der Waals surface area contributed by atoms with Gasteiger partial charge in [-0.1, -0.05) is 0 Å². The fourth-order valence-corrected chi connectivity index (χ4v) is 1.64. The first-order valence-electron chi connectivity index (χ1n) is 5.25. The summed E-state index contributed by atoms with van der Waals surface area (Å²) in [6.07, 6.45) is 0. The quantitative estimate of drug-likeness (QED) is 0.817. The number of aliphatic hydroxyl groups is 1. The predicted octanol–water partition coefficient (Wildman–Crippen LogP) is 1.49. The lowest BCUT2D eigenvalue weighted by Gasteiger charge is -2.27. The number of nitrogens with zero attached hydrogens (tertiary/aromatic N) is 1. The molecule has 0 fully saturated rings. The molecule has 0 unspecified atom stereocenters. The van der Waals surface area contributed by atoms with Gasteiger partial charge in [0, 0.05) is 25.8 Å². The van der Waals surface area contributed by atoms with Crippen molar-refractivity contribution in [2.45, 2.75) is 26.0 Å². The van der Waals surface area contributed by atoms with E-state index < -0.39 is 5.60 Å². The molecule has 0 aromatic heterocycles. The molecule has 1 aromatic rings. The topological polar surface area (TPSA) is 49.5 Å². The highest BCUT2D eigenvalue weighted by Gasteiger charge is 2.16. The Kier molecular flexibility index (Phi) is 3.88.